The van der Waals surface area contributed by atoms with Crippen LogP contribution < -0.4 is 10.1 Å². The zero-order valence-corrected chi connectivity index (χ0v) is 17.6. The van der Waals surface area contributed by atoms with Crippen molar-refractivity contribution >= 4 is 68.1 Å². The molecule has 1 aliphatic rings. The Bertz CT molecular complexity index is 992. The van der Waals surface area contributed by atoms with Crippen LogP contribution >= 0.6 is 39.3 Å². The molecule has 2 aromatic rings. The molecule has 0 aliphatic carbocycles. The smallest absolute Gasteiger partial charge is 0.344 e. The highest BCUT2D eigenvalue weighted by Crippen LogP contribution is 2.31. The lowest BCUT2D eigenvalue weighted by atomic mass is 10.2. The minimum Gasteiger partial charge on any atom is -0.479 e. The van der Waals surface area contributed by atoms with Crippen LogP contribution in [0.5, 0.6) is 5.75 Å². The summed E-state index contributed by atoms with van der Waals surface area (Å²) in [7, 11) is 0. The predicted octanol–water partition coefficient (Wildman–Crippen LogP) is 4.85. The van der Waals surface area contributed by atoms with Crippen LogP contribution in [-0.4, -0.2) is 28.3 Å². The van der Waals surface area contributed by atoms with E-state index in [2.05, 4.69) is 26.2 Å². The molecule has 1 heterocycles. The highest BCUT2D eigenvalue weighted by Gasteiger charge is 2.24. The number of nitrogens with one attached hydrogen (secondary N) is 1. The lowest BCUT2D eigenvalue weighted by molar-refractivity contribution is -0.144. The molecule has 6 nitrogen and oxygen atoms in total. The van der Waals surface area contributed by atoms with Crippen molar-refractivity contribution in [2.24, 2.45) is 4.99 Å². The van der Waals surface area contributed by atoms with Gasteiger partial charge in [0.15, 0.2) is 11.3 Å². The first-order chi connectivity index (χ1) is 13.3. The maximum absolute atomic E-state index is 12.2. The van der Waals surface area contributed by atoms with E-state index in [0.29, 0.717) is 26.5 Å². The number of hydrogen-bond donors (Lipinski definition) is 2. The molecule has 0 bridgehead atoms. The van der Waals surface area contributed by atoms with Crippen molar-refractivity contribution in [2.45, 2.75) is 13.0 Å². The molecular formula is C19H14BrClN2O4S. The summed E-state index contributed by atoms with van der Waals surface area (Å²) in [6, 6.07) is 12.1. The van der Waals surface area contributed by atoms with Gasteiger partial charge >= 0.3 is 5.97 Å². The molecule has 1 aliphatic heterocycles. The Morgan fingerprint density at radius 3 is 2.68 bits per heavy atom. The Kier molecular flexibility index (Phi) is 6.43. The zero-order valence-electron chi connectivity index (χ0n) is 14.5. The predicted molar refractivity (Wildman–Crippen MR) is 114 cm³/mol. The van der Waals surface area contributed by atoms with Crippen molar-refractivity contribution in [3.05, 3.63) is 62.4 Å². The van der Waals surface area contributed by atoms with E-state index in [-0.39, 0.29) is 5.91 Å². The Hall–Kier alpha value is -2.29. The van der Waals surface area contributed by atoms with Gasteiger partial charge < -0.3 is 15.2 Å². The first-order valence-electron chi connectivity index (χ1n) is 8.06. The van der Waals surface area contributed by atoms with Gasteiger partial charge in [-0.2, -0.15) is 0 Å². The molecule has 0 unspecified atom stereocenters. The van der Waals surface area contributed by atoms with E-state index in [0.717, 1.165) is 10.0 Å². The van der Waals surface area contributed by atoms with Gasteiger partial charge in [0.05, 0.1) is 15.6 Å². The molecule has 1 amide bonds. The number of benzene rings is 2. The van der Waals surface area contributed by atoms with Crippen molar-refractivity contribution in [2.75, 3.05) is 0 Å². The van der Waals surface area contributed by atoms with Crippen LogP contribution in [0.4, 0.5) is 5.69 Å². The topological polar surface area (TPSA) is 88.0 Å². The van der Waals surface area contributed by atoms with E-state index < -0.39 is 12.1 Å². The molecular weight excluding hydrogens is 468 g/mol. The molecule has 0 spiro atoms. The molecule has 1 fully saturated rings. The zero-order chi connectivity index (χ0) is 20.3. The van der Waals surface area contributed by atoms with Gasteiger partial charge in [0.2, 0.25) is 0 Å². The number of aliphatic imine (C=N–C) groups is 1. The molecule has 0 saturated carbocycles. The fraction of sp³-hybridized carbons (Fsp3) is 0.105. The van der Waals surface area contributed by atoms with Gasteiger partial charge in [-0.1, -0.05) is 23.7 Å². The van der Waals surface area contributed by atoms with Gasteiger partial charge in [-0.05, 0) is 76.6 Å². The van der Waals surface area contributed by atoms with E-state index in [4.69, 9.17) is 21.4 Å². The van der Waals surface area contributed by atoms with Crippen molar-refractivity contribution in [1.82, 2.24) is 5.32 Å². The van der Waals surface area contributed by atoms with E-state index in [1.54, 1.807) is 48.5 Å². The number of aliphatic carboxylic acids is 1. The Morgan fingerprint density at radius 1 is 1.32 bits per heavy atom. The largest absolute Gasteiger partial charge is 0.479 e. The van der Waals surface area contributed by atoms with E-state index >= 15 is 0 Å². The number of rotatable bonds is 5. The summed E-state index contributed by atoms with van der Waals surface area (Å²) < 4.78 is 6.06. The average molecular weight is 482 g/mol. The second-order valence-corrected chi connectivity index (χ2v) is 8.04. The van der Waals surface area contributed by atoms with Crippen LogP contribution in [0.2, 0.25) is 5.02 Å². The number of carbonyl (C=O) groups is 2. The summed E-state index contributed by atoms with van der Waals surface area (Å²) >= 11 is 10.6. The molecule has 2 aromatic carbocycles. The minimum absolute atomic E-state index is 0.244. The summed E-state index contributed by atoms with van der Waals surface area (Å²) in [5.74, 6) is -0.842. The molecule has 3 rings (SSSR count). The van der Waals surface area contributed by atoms with Gasteiger partial charge in [-0.25, -0.2) is 9.79 Å². The first-order valence-corrected chi connectivity index (χ1v) is 10.0. The number of thioether (sulfide) groups is 1. The maximum atomic E-state index is 12.2. The van der Waals surface area contributed by atoms with Gasteiger partial charge in [0.1, 0.15) is 5.75 Å². The number of amides is 1. The SMILES string of the molecule is C[C@@H](Oc1ccc(/C=C2\SC(=Nc3ccc(Br)c(Cl)c3)NC2=O)cc1)C(=O)O. The molecule has 0 radical (unpaired) electrons. The number of carboxylic acid groups (broad SMARTS) is 1. The number of halogens is 2. The van der Waals surface area contributed by atoms with Crippen LogP contribution in [0.15, 0.2) is 56.8 Å². The normalized spacial score (nSPS) is 17.6. The Morgan fingerprint density at radius 2 is 2.04 bits per heavy atom. The van der Waals surface area contributed by atoms with Gasteiger partial charge in [-0.15, -0.1) is 0 Å². The van der Waals surface area contributed by atoms with Crippen LogP contribution in [0, 0.1) is 0 Å². The highest BCUT2D eigenvalue weighted by atomic mass is 79.9. The third-order valence-corrected chi connectivity index (χ3v) is 5.77. The van der Waals surface area contributed by atoms with E-state index in [1.807, 2.05) is 0 Å². The quantitative estimate of drug-likeness (QED) is 0.596. The van der Waals surface area contributed by atoms with Gasteiger partial charge in [0.25, 0.3) is 5.91 Å². The maximum Gasteiger partial charge on any atom is 0.344 e. The Labute approximate surface area is 178 Å². The number of hydrogen-bond acceptors (Lipinski definition) is 5. The van der Waals surface area contributed by atoms with Crippen molar-refractivity contribution < 1.29 is 19.4 Å². The third-order valence-electron chi connectivity index (χ3n) is 3.62. The molecule has 144 valence electrons. The lowest BCUT2D eigenvalue weighted by Crippen LogP contribution is -2.22. The van der Waals surface area contributed by atoms with Crippen LogP contribution in [0.3, 0.4) is 0 Å². The fourth-order valence-electron chi connectivity index (χ4n) is 2.20. The van der Waals surface area contributed by atoms with Crippen LogP contribution in [0.25, 0.3) is 6.08 Å². The molecule has 2 N–H and O–H groups in total. The molecule has 1 atom stereocenters. The highest BCUT2D eigenvalue weighted by molar-refractivity contribution is 9.10. The fourth-order valence-corrected chi connectivity index (χ4v) is 3.46. The Balaban J connectivity index is 1.72. The second-order valence-electron chi connectivity index (χ2n) is 5.75. The number of carboxylic acids is 1. The summed E-state index contributed by atoms with van der Waals surface area (Å²) in [5, 5.41) is 12.6. The lowest BCUT2D eigenvalue weighted by Gasteiger charge is -2.10. The van der Waals surface area contributed by atoms with Crippen LogP contribution in [-0.2, 0) is 9.59 Å². The van der Waals surface area contributed by atoms with Crippen molar-refractivity contribution in [3.8, 4) is 5.75 Å². The molecule has 9 heteroatoms. The van der Waals surface area contributed by atoms with Gasteiger partial charge in [-0.3, -0.25) is 4.79 Å². The van der Waals surface area contributed by atoms with Gasteiger partial charge in [0, 0.05) is 4.47 Å². The first kappa shape index (κ1) is 20.4. The number of amidine groups is 1. The van der Waals surface area contributed by atoms with E-state index in [1.165, 1.54) is 18.7 Å². The van der Waals surface area contributed by atoms with Crippen molar-refractivity contribution in [3.63, 3.8) is 0 Å². The molecule has 1 saturated heterocycles. The summed E-state index contributed by atoms with van der Waals surface area (Å²) in [6.07, 6.45) is 0.785. The number of carbonyl (C=O) groups excluding carboxylic acids is 1. The standard InChI is InChI=1S/C19H14BrClN2O4S/c1-10(18(25)26)27-13-5-2-11(3-6-13)8-16-17(24)23-19(28-16)22-12-4-7-14(20)15(21)9-12/h2-10H,1H3,(H,25,26)(H,22,23,24)/b16-8-/t10-/m1/s1. The summed E-state index contributed by atoms with van der Waals surface area (Å²) in [6.45, 7) is 1.46. The second kappa shape index (κ2) is 8.81. The monoisotopic (exact) mass is 480 g/mol. The molecule has 0 aromatic heterocycles. The number of ether oxygens (including phenoxy) is 1. The summed E-state index contributed by atoms with van der Waals surface area (Å²) in [4.78, 5) is 27.9. The van der Waals surface area contributed by atoms with Crippen molar-refractivity contribution in [1.29, 1.82) is 0 Å². The molecule has 28 heavy (non-hydrogen) atoms. The minimum atomic E-state index is -1.04. The summed E-state index contributed by atoms with van der Waals surface area (Å²) in [5.41, 5.74) is 1.41. The number of nitrogens with zero attached hydrogens (tertiary/aromatic N) is 1. The average Bonchev–Trinajstić information content (AvgIpc) is 2.98. The third kappa shape index (κ3) is 5.15. The van der Waals surface area contributed by atoms with Crippen LogP contribution in [0.1, 0.15) is 12.5 Å². The van der Waals surface area contributed by atoms with E-state index in [9.17, 15) is 9.59 Å².